The third-order valence-corrected chi connectivity index (χ3v) is 4.31. The topological polar surface area (TPSA) is 24.4 Å². The van der Waals surface area contributed by atoms with Gasteiger partial charge in [0.15, 0.2) is 5.17 Å². The number of benzene rings is 1. The van der Waals surface area contributed by atoms with Gasteiger partial charge in [-0.1, -0.05) is 37.2 Å². The van der Waals surface area contributed by atoms with Gasteiger partial charge in [0, 0.05) is 11.4 Å². The predicted octanol–water partition coefficient (Wildman–Crippen LogP) is 4.32. The summed E-state index contributed by atoms with van der Waals surface area (Å²) in [5.41, 5.74) is 2.64. The van der Waals surface area contributed by atoms with Crippen LogP contribution < -0.4 is 5.32 Å². The third kappa shape index (κ3) is 3.77. The number of nitrogens with zero attached hydrogens (tertiary/aromatic N) is 1. The summed E-state index contributed by atoms with van der Waals surface area (Å²) >= 11 is 1.80. The molecule has 0 amide bonds. The number of thioether (sulfide) groups is 1. The fraction of sp³-hybridized carbons (Fsp3) is 0.533. The second kappa shape index (κ2) is 5.79. The first-order valence-corrected chi connectivity index (χ1v) is 7.66. The van der Waals surface area contributed by atoms with E-state index < -0.39 is 0 Å². The quantitative estimate of drug-likeness (QED) is 0.873. The zero-order valence-electron chi connectivity index (χ0n) is 11.5. The van der Waals surface area contributed by atoms with Crippen molar-refractivity contribution >= 4 is 22.6 Å². The Balaban J connectivity index is 1.94. The normalized spacial score (nSPS) is 17.6. The maximum atomic E-state index is 4.66. The Morgan fingerprint density at radius 2 is 2.00 bits per heavy atom. The molecular weight excluding hydrogens is 240 g/mol. The minimum atomic E-state index is 0.0774. The van der Waals surface area contributed by atoms with Gasteiger partial charge in [0.1, 0.15) is 0 Å². The molecule has 0 bridgehead atoms. The molecule has 98 valence electrons. The maximum absolute atomic E-state index is 4.66. The molecule has 0 unspecified atom stereocenters. The van der Waals surface area contributed by atoms with E-state index in [1.807, 2.05) is 0 Å². The number of amidine groups is 1. The molecule has 0 saturated carbocycles. The molecule has 0 spiro atoms. The Bertz CT molecular complexity index is 421. The van der Waals surface area contributed by atoms with Crippen molar-refractivity contribution in [2.75, 3.05) is 11.1 Å². The number of aryl methyl sites for hydroxylation is 1. The molecule has 18 heavy (non-hydrogen) atoms. The monoisotopic (exact) mass is 262 g/mol. The number of unbranched alkanes of at least 4 members (excludes halogenated alkanes) is 1. The summed E-state index contributed by atoms with van der Waals surface area (Å²) < 4.78 is 0. The van der Waals surface area contributed by atoms with Gasteiger partial charge in [-0.3, -0.25) is 4.99 Å². The van der Waals surface area contributed by atoms with Crippen LogP contribution in [0.3, 0.4) is 0 Å². The molecule has 1 heterocycles. The number of hydrogen-bond acceptors (Lipinski definition) is 3. The molecule has 0 aromatic heterocycles. The summed E-state index contributed by atoms with van der Waals surface area (Å²) in [7, 11) is 0. The van der Waals surface area contributed by atoms with Crippen molar-refractivity contribution in [1.82, 2.24) is 0 Å². The van der Waals surface area contributed by atoms with Crippen LogP contribution in [0, 0.1) is 0 Å². The van der Waals surface area contributed by atoms with Crippen molar-refractivity contribution in [2.45, 2.75) is 45.6 Å². The summed E-state index contributed by atoms with van der Waals surface area (Å²) in [4.78, 5) is 4.66. The van der Waals surface area contributed by atoms with Crippen LogP contribution in [0.1, 0.15) is 39.2 Å². The average Bonchev–Trinajstić information content (AvgIpc) is 2.68. The second-order valence-electron chi connectivity index (χ2n) is 5.44. The molecule has 1 N–H and O–H groups in total. The molecule has 2 rings (SSSR count). The zero-order valence-corrected chi connectivity index (χ0v) is 12.3. The van der Waals surface area contributed by atoms with E-state index in [-0.39, 0.29) is 5.54 Å². The van der Waals surface area contributed by atoms with Crippen molar-refractivity contribution in [3.63, 3.8) is 0 Å². The van der Waals surface area contributed by atoms with Gasteiger partial charge in [0.25, 0.3) is 0 Å². The number of rotatable bonds is 4. The second-order valence-corrected chi connectivity index (χ2v) is 6.41. The van der Waals surface area contributed by atoms with Crippen LogP contribution in [0.25, 0.3) is 0 Å². The van der Waals surface area contributed by atoms with E-state index in [1.165, 1.54) is 24.8 Å². The molecule has 0 fully saturated rings. The van der Waals surface area contributed by atoms with E-state index in [4.69, 9.17) is 0 Å². The highest BCUT2D eigenvalue weighted by Crippen LogP contribution is 2.27. The van der Waals surface area contributed by atoms with Crippen LogP contribution in [0.4, 0.5) is 5.69 Å². The average molecular weight is 262 g/mol. The lowest BCUT2D eigenvalue weighted by molar-refractivity contribution is 0.605. The molecule has 1 aromatic carbocycles. The van der Waals surface area contributed by atoms with Crippen molar-refractivity contribution in [1.29, 1.82) is 0 Å². The number of hydrogen-bond donors (Lipinski definition) is 1. The van der Waals surface area contributed by atoms with Gasteiger partial charge in [-0.2, -0.15) is 0 Å². The van der Waals surface area contributed by atoms with Crippen LogP contribution in [-0.2, 0) is 6.42 Å². The van der Waals surface area contributed by atoms with E-state index in [9.17, 15) is 0 Å². The third-order valence-electron chi connectivity index (χ3n) is 2.99. The summed E-state index contributed by atoms with van der Waals surface area (Å²) in [5, 5.41) is 4.44. The van der Waals surface area contributed by atoms with Gasteiger partial charge in [-0.05, 0) is 44.4 Å². The highest BCUT2D eigenvalue weighted by Gasteiger charge is 2.25. The lowest BCUT2D eigenvalue weighted by Gasteiger charge is -2.09. The highest BCUT2D eigenvalue weighted by molar-refractivity contribution is 8.14. The van der Waals surface area contributed by atoms with Gasteiger partial charge in [-0.15, -0.1) is 0 Å². The lowest BCUT2D eigenvalue weighted by Crippen LogP contribution is -2.15. The molecule has 1 aromatic rings. The van der Waals surface area contributed by atoms with Crippen LogP contribution in [0.2, 0.25) is 0 Å². The summed E-state index contributed by atoms with van der Waals surface area (Å²) in [6.07, 6.45) is 3.70. The largest absolute Gasteiger partial charge is 0.335 e. The number of anilines is 1. The van der Waals surface area contributed by atoms with E-state index in [2.05, 4.69) is 55.3 Å². The molecule has 0 saturated heterocycles. The lowest BCUT2D eigenvalue weighted by atomic mass is 10.1. The van der Waals surface area contributed by atoms with Crippen molar-refractivity contribution in [3.8, 4) is 0 Å². The van der Waals surface area contributed by atoms with Gasteiger partial charge >= 0.3 is 0 Å². The molecule has 3 heteroatoms. The molecule has 0 atom stereocenters. The standard InChI is InChI=1S/C15H22N2S/c1-4-5-6-12-7-9-13(10-8-12)16-14-17-15(2,3)11-18-14/h7-10H,4-6,11H2,1-3H3,(H,16,17). The summed E-state index contributed by atoms with van der Waals surface area (Å²) in [6.45, 7) is 6.57. The Hall–Kier alpha value is -0.960. The molecule has 1 aliphatic heterocycles. The Kier molecular flexibility index (Phi) is 4.33. The first-order valence-electron chi connectivity index (χ1n) is 6.68. The number of nitrogens with one attached hydrogen (secondary N) is 1. The predicted molar refractivity (Wildman–Crippen MR) is 82.6 cm³/mol. The van der Waals surface area contributed by atoms with E-state index in [0.29, 0.717) is 0 Å². The van der Waals surface area contributed by atoms with Gasteiger partial charge in [0.05, 0.1) is 5.54 Å². The molecular formula is C15H22N2S. The SMILES string of the molecule is CCCCc1ccc(NC2=NC(C)(C)CS2)cc1. The first-order chi connectivity index (χ1) is 8.59. The fourth-order valence-corrected chi connectivity index (χ4v) is 2.96. The van der Waals surface area contributed by atoms with Crippen molar-refractivity contribution < 1.29 is 0 Å². The van der Waals surface area contributed by atoms with E-state index in [0.717, 1.165) is 16.6 Å². The highest BCUT2D eigenvalue weighted by atomic mass is 32.2. The van der Waals surface area contributed by atoms with E-state index in [1.54, 1.807) is 11.8 Å². The van der Waals surface area contributed by atoms with Gasteiger partial charge < -0.3 is 5.32 Å². The van der Waals surface area contributed by atoms with E-state index >= 15 is 0 Å². The van der Waals surface area contributed by atoms with Crippen LogP contribution in [0.15, 0.2) is 29.3 Å². The Morgan fingerprint density at radius 3 is 2.56 bits per heavy atom. The van der Waals surface area contributed by atoms with Gasteiger partial charge in [0.2, 0.25) is 0 Å². The Labute approximate surface area is 114 Å². The smallest absolute Gasteiger partial charge is 0.161 e. The number of aliphatic imine (C=N–C) groups is 1. The molecule has 2 nitrogen and oxygen atoms in total. The molecule has 0 aliphatic carbocycles. The fourth-order valence-electron chi connectivity index (χ4n) is 1.91. The summed E-state index contributed by atoms with van der Waals surface area (Å²) in [5.74, 6) is 1.06. The minimum absolute atomic E-state index is 0.0774. The van der Waals surface area contributed by atoms with Gasteiger partial charge in [-0.25, -0.2) is 0 Å². The summed E-state index contributed by atoms with van der Waals surface area (Å²) in [6, 6.07) is 8.73. The maximum Gasteiger partial charge on any atom is 0.161 e. The molecule has 0 radical (unpaired) electrons. The van der Waals surface area contributed by atoms with Crippen LogP contribution in [0.5, 0.6) is 0 Å². The van der Waals surface area contributed by atoms with Crippen molar-refractivity contribution in [3.05, 3.63) is 29.8 Å². The zero-order chi connectivity index (χ0) is 13.0. The minimum Gasteiger partial charge on any atom is -0.335 e. The van der Waals surface area contributed by atoms with Crippen molar-refractivity contribution in [2.24, 2.45) is 4.99 Å². The Morgan fingerprint density at radius 1 is 1.28 bits per heavy atom. The van der Waals surface area contributed by atoms with Crippen LogP contribution in [-0.4, -0.2) is 16.5 Å². The van der Waals surface area contributed by atoms with Crippen LogP contribution >= 0.6 is 11.8 Å². The molecule has 1 aliphatic rings. The first kappa shape index (κ1) is 13.5.